The summed E-state index contributed by atoms with van der Waals surface area (Å²) in [5.41, 5.74) is 1.09. The van der Waals surface area contributed by atoms with Crippen LogP contribution in [0.15, 0.2) is 55.1 Å². The van der Waals surface area contributed by atoms with Crippen LogP contribution in [0.2, 0.25) is 0 Å². The minimum absolute atomic E-state index is 0. The summed E-state index contributed by atoms with van der Waals surface area (Å²) in [5, 5.41) is 19.3. The van der Waals surface area contributed by atoms with Crippen molar-refractivity contribution in [1.82, 2.24) is 29.5 Å². The van der Waals surface area contributed by atoms with Crippen molar-refractivity contribution in [3.8, 4) is 11.3 Å². The Morgan fingerprint density at radius 3 is 2.83 bits per heavy atom. The quantitative estimate of drug-likeness (QED) is 0.503. The van der Waals surface area contributed by atoms with E-state index in [1.807, 2.05) is 56.7 Å². The minimum atomic E-state index is -1.00. The number of benzene rings is 1. The molecule has 5 rings (SSSR count). The van der Waals surface area contributed by atoms with Crippen molar-refractivity contribution < 1.29 is 14.6 Å². The first-order valence-electron chi connectivity index (χ1n) is 12.4. The molecule has 1 aliphatic heterocycles. The standard InChI is InChI=1S/C26H34N6O3.ClH/c1-35-18-26(34)11-6-5-10-22(26)32-19-28-23(24(32)20-8-3-2-4-9-20)25(33)31-15-13-27-16-21(31)17-30-14-7-12-29-30;/h2-4,7-9,12,14,19,21-22,27,34H,5-6,10-11,13,15-18H2,1H3;1H/t21-,22+,26+;/m0./s1. The first-order chi connectivity index (χ1) is 17.1. The highest BCUT2D eigenvalue weighted by Gasteiger charge is 2.42. The van der Waals surface area contributed by atoms with Crippen molar-refractivity contribution in [3.05, 3.63) is 60.8 Å². The molecular formula is C26H35ClN6O3. The lowest BCUT2D eigenvalue weighted by Crippen LogP contribution is -2.55. The molecule has 2 aliphatic rings. The maximum absolute atomic E-state index is 14.0. The van der Waals surface area contributed by atoms with Gasteiger partial charge >= 0.3 is 0 Å². The summed E-state index contributed by atoms with van der Waals surface area (Å²) in [4.78, 5) is 20.6. The van der Waals surface area contributed by atoms with Gasteiger partial charge in [-0.3, -0.25) is 9.48 Å². The van der Waals surface area contributed by atoms with Gasteiger partial charge in [-0.05, 0) is 18.9 Å². The van der Waals surface area contributed by atoms with E-state index >= 15 is 0 Å². The molecular weight excluding hydrogens is 480 g/mol. The van der Waals surface area contributed by atoms with E-state index < -0.39 is 5.60 Å². The molecule has 2 aromatic heterocycles. The number of aliphatic hydroxyl groups is 1. The molecule has 0 radical (unpaired) electrons. The summed E-state index contributed by atoms with van der Waals surface area (Å²) in [6.45, 7) is 2.89. The molecule has 1 saturated heterocycles. The molecule has 1 aromatic carbocycles. The van der Waals surface area contributed by atoms with Crippen molar-refractivity contribution in [3.63, 3.8) is 0 Å². The zero-order chi connectivity index (χ0) is 24.3. The number of nitrogens with one attached hydrogen (secondary N) is 1. The number of halogens is 1. The lowest BCUT2D eigenvalue weighted by atomic mass is 9.80. The molecule has 36 heavy (non-hydrogen) atoms. The molecule has 2 fully saturated rings. The summed E-state index contributed by atoms with van der Waals surface area (Å²) in [6.07, 6.45) is 8.83. The zero-order valence-electron chi connectivity index (χ0n) is 20.6. The topological polar surface area (TPSA) is 97.4 Å². The SMILES string of the molecule is COC[C@]1(O)CCCC[C@H]1n1cnc(C(=O)N2CCNC[C@H]2Cn2cccn2)c1-c1ccccc1.Cl. The second-order valence-corrected chi connectivity index (χ2v) is 9.60. The van der Waals surface area contributed by atoms with Gasteiger partial charge < -0.3 is 24.6 Å². The van der Waals surface area contributed by atoms with Crippen LogP contribution in [0.5, 0.6) is 0 Å². The van der Waals surface area contributed by atoms with E-state index in [0.717, 1.165) is 37.1 Å². The fraction of sp³-hybridized carbons (Fsp3) is 0.500. The Morgan fingerprint density at radius 2 is 2.08 bits per heavy atom. The Kier molecular flexibility index (Phi) is 8.46. The van der Waals surface area contributed by atoms with E-state index in [9.17, 15) is 9.90 Å². The van der Waals surface area contributed by atoms with Gasteiger partial charge in [0.25, 0.3) is 5.91 Å². The average Bonchev–Trinajstić information content (AvgIpc) is 3.55. The number of piperazine rings is 1. The fourth-order valence-corrected chi connectivity index (χ4v) is 5.61. The molecule has 0 spiro atoms. The number of aromatic nitrogens is 4. The van der Waals surface area contributed by atoms with E-state index in [2.05, 4.69) is 15.4 Å². The van der Waals surface area contributed by atoms with Crippen LogP contribution in [-0.4, -0.2) is 80.2 Å². The highest BCUT2D eigenvalue weighted by atomic mass is 35.5. The second kappa shape index (κ2) is 11.6. The maximum atomic E-state index is 14.0. The van der Waals surface area contributed by atoms with Gasteiger partial charge in [0, 0.05) is 44.7 Å². The molecule has 194 valence electrons. The minimum Gasteiger partial charge on any atom is -0.385 e. The summed E-state index contributed by atoms with van der Waals surface area (Å²) in [6, 6.07) is 11.5. The van der Waals surface area contributed by atoms with Crippen LogP contribution < -0.4 is 5.32 Å². The molecule has 0 bridgehead atoms. The number of ether oxygens (including phenoxy) is 1. The van der Waals surface area contributed by atoms with Gasteiger partial charge in [-0.15, -0.1) is 12.4 Å². The molecule has 3 atom stereocenters. The van der Waals surface area contributed by atoms with Gasteiger partial charge in [-0.25, -0.2) is 4.98 Å². The van der Waals surface area contributed by atoms with E-state index in [4.69, 9.17) is 4.74 Å². The van der Waals surface area contributed by atoms with E-state index in [0.29, 0.717) is 31.7 Å². The normalized spacial score (nSPS) is 24.3. The lowest BCUT2D eigenvalue weighted by Gasteiger charge is -2.41. The highest BCUT2D eigenvalue weighted by Crippen LogP contribution is 2.41. The zero-order valence-corrected chi connectivity index (χ0v) is 21.4. The Hall–Kier alpha value is -2.72. The van der Waals surface area contributed by atoms with Crippen LogP contribution in [0.25, 0.3) is 11.3 Å². The smallest absolute Gasteiger partial charge is 0.275 e. The Balaban J connectivity index is 0.00000304. The van der Waals surface area contributed by atoms with Crippen molar-refractivity contribution in [2.24, 2.45) is 0 Å². The van der Waals surface area contributed by atoms with Crippen molar-refractivity contribution in [1.29, 1.82) is 0 Å². The van der Waals surface area contributed by atoms with Crippen LogP contribution in [0.1, 0.15) is 42.2 Å². The molecule has 2 N–H and O–H groups in total. The Bertz CT molecular complexity index is 1120. The van der Waals surface area contributed by atoms with E-state index in [1.54, 1.807) is 19.6 Å². The first-order valence-corrected chi connectivity index (χ1v) is 12.4. The average molecular weight is 515 g/mol. The monoisotopic (exact) mass is 514 g/mol. The fourth-order valence-electron chi connectivity index (χ4n) is 5.61. The molecule has 1 aliphatic carbocycles. The number of carbonyl (C=O) groups excluding carboxylic acids is 1. The molecule has 1 saturated carbocycles. The van der Waals surface area contributed by atoms with Crippen LogP contribution in [0, 0.1) is 0 Å². The van der Waals surface area contributed by atoms with E-state index in [1.165, 1.54) is 0 Å². The predicted octanol–water partition coefficient (Wildman–Crippen LogP) is 2.78. The summed E-state index contributed by atoms with van der Waals surface area (Å²) in [5.74, 6) is -0.0904. The highest BCUT2D eigenvalue weighted by molar-refractivity contribution is 5.98. The van der Waals surface area contributed by atoms with Gasteiger partial charge in [0.05, 0.1) is 37.3 Å². The molecule has 10 heteroatoms. The lowest BCUT2D eigenvalue weighted by molar-refractivity contribution is -0.0893. The second-order valence-electron chi connectivity index (χ2n) is 9.60. The van der Waals surface area contributed by atoms with Crippen molar-refractivity contribution >= 4 is 18.3 Å². The number of amides is 1. The van der Waals surface area contributed by atoms with Crippen molar-refractivity contribution in [2.45, 2.75) is 49.9 Å². The largest absolute Gasteiger partial charge is 0.385 e. The van der Waals surface area contributed by atoms with Gasteiger partial charge in [-0.2, -0.15) is 5.10 Å². The third kappa shape index (κ3) is 5.20. The number of hydrogen-bond donors (Lipinski definition) is 2. The van der Waals surface area contributed by atoms with Gasteiger partial charge in [0.15, 0.2) is 5.69 Å². The molecule has 0 unspecified atom stereocenters. The number of nitrogens with zero attached hydrogens (tertiary/aromatic N) is 5. The maximum Gasteiger partial charge on any atom is 0.275 e. The summed E-state index contributed by atoms with van der Waals surface area (Å²) in [7, 11) is 1.62. The molecule has 9 nitrogen and oxygen atoms in total. The van der Waals surface area contributed by atoms with Gasteiger partial charge in [0.1, 0.15) is 5.60 Å². The van der Waals surface area contributed by atoms with Crippen LogP contribution in [0.4, 0.5) is 0 Å². The summed E-state index contributed by atoms with van der Waals surface area (Å²) >= 11 is 0. The van der Waals surface area contributed by atoms with E-state index in [-0.39, 0.29) is 37.0 Å². The van der Waals surface area contributed by atoms with Gasteiger partial charge in [0.2, 0.25) is 0 Å². The number of hydrogen-bond acceptors (Lipinski definition) is 6. The number of carbonyl (C=O) groups is 1. The number of rotatable bonds is 7. The summed E-state index contributed by atoms with van der Waals surface area (Å²) < 4.78 is 9.30. The predicted molar refractivity (Wildman–Crippen MR) is 139 cm³/mol. The number of methoxy groups -OCH3 is 1. The third-order valence-corrected chi connectivity index (χ3v) is 7.30. The van der Waals surface area contributed by atoms with Crippen LogP contribution in [0.3, 0.4) is 0 Å². The van der Waals surface area contributed by atoms with Crippen molar-refractivity contribution in [2.75, 3.05) is 33.4 Å². The van der Waals surface area contributed by atoms with Gasteiger partial charge in [-0.1, -0.05) is 43.2 Å². The third-order valence-electron chi connectivity index (χ3n) is 7.30. The molecule has 1 amide bonds. The first kappa shape index (κ1) is 26.3. The Morgan fingerprint density at radius 1 is 1.25 bits per heavy atom. The molecule has 3 aromatic rings. The molecule has 3 heterocycles. The van der Waals surface area contributed by atoms with Crippen LogP contribution in [-0.2, 0) is 11.3 Å². The number of imidazole rings is 1. The Labute approximate surface area is 217 Å². The van der Waals surface area contributed by atoms with Crippen LogP contribution >= 0.6 is 12.4 Å².